The third kappa shape index (κ3) is 22.8. The SMILES string of the molecule is CCOP(OCC)OCC.COC(=O)C=CC(=O)OC.[Co].c1cc[cH-]c1. The van der Waals surface area contributed by atoms with Gasteiger partial charge in [0.15, 0.2) is 0 Å². The molecule has 0 fully saturated rings. The summed E-state index contributed by atoms with van der Waals surface area (Å²) in [6.07, 6.45) is 1.98. The molecule has 0 bridgehead atoms. The van der Waals surface area contributed by atoms with Crippen molar-refractivity contribution in [3.63, 3.8) is 0 Å². The van der Waals surface area contributed by atoms with Gasteiger partial charge in [0, 0.05) is 28.9 Å². The number of carbonyl (C=O) groups is 2. The zero-order valence-electron chi connectivity index (χ0n) is 15.8. The molecule has 7 nitrogen and oxygen atoms in total. The van der Waals surface area contributed by atoms with Gasteiger partial charge in [0.1, 0.15) is 0 Å². The summed E-state index contributed by atoms with van der Waals surface area (Å²) in [5.41, 5.74) is 0. The third-order valence-corrected chi connectivity index (χ3v) is 3.42. The number of carbonyl (C=O) groups excluding carboxylic acids is 2. The molecule has 0 unspecified atom stereocenters. The molecule has 0 N–H and O–H groups in total. The maximum atomic E-state index is 10.3. The van der Waals surface area contributed by atoms with Crippen LogP contribution in [0.1, 0.15) is 20.8 Å². The minimum atomic E-state index is -1.06. The first-order valence-electron chi connectivity index (χ1n) is 7.75. The van der Waals surface area contributed by atoms with Gasteiger partial charge in [0.2, 0.25) is 0 Å². The van der Waals surface area contributed by atoms with E-state index in [1.807, 2.05) is 51.1 Å². The van der Waals surface area contributed by atoms with Gasteiger partial charge < -0.3 is 23.0 Å². The number of hydrogen-bond acceptors (Lipinski definition) is 7. The summed E-state index contributed by atoms with van der Waals surface area (Å²) in [4.78, 5) is 20.6. The van der Waals surface area contributed by atoms with Gasteiger partial charge >= 0.3 is 20.5 Å². The molecule has 0 spiro atoms. The van der Waals surface area contributed by atoms with Crippen LogP contribution < -0.4 is 0 Å². The first kappa shape index (κ1) is 29.6. The van der Waals surface area contributed by atoms with E-state index in [9.17, 15) is 9.59 Å². The van der Waals surface area contributed by atoms with Crippen LogP contribution in [-0.2, 0) is 49.4 Å². The Morgan fingerprint density at radius 3 is 1.38 bits per heavy atom. The summed E-state index contributed by atoms with van der Waals surface area (Å²) >= 11 is 0. The summed E-state index contributed by atoms with van der Waals surface area (Å²) in [5.74, 6) is -1.16. The summed E-state index contributed by atoms with van der Waals surface area (Å²) < 4.78 is 23.9. The third-order valence-electron chi connectivity index (χ3n) is 2.02. The Bertz CT molecular complexity index is 389. The standard InChI is InChI=1S/C6H8O4.C6H15O3P.C5H5.Co/c1-9-5(7)3-4-6(8)10-2;1-4-7-10(8-5-2)9-6-3;1-2-4-5-3-1;/h3-4H,1-2H3;4-6H2,1-3H3;1-5H;/q;;-1;. The van der Waals surface area contributed by atoms with Crippen LogP contribution in [0.25, 0.3) is 0 Å². The summed E-state index contributed by atoms with van der Waals surface area (Å²) in [6, 6.07) is 10.0. The van der Waals surface area contributed by atoms with Gasteiger partial charge in [-0.1, -0.05) is 0 Å². The molecule has 1 aromatic rings. The molecule has 26 heavy (non-hydrogen) atoms. The summed E-state index contributed by atoms with van der Waals surface area (Å²) in [7, 11) is 1.39. The quantitative estimate of drug-likeness (QED) is 0.268. The van der Waals surface area contributed by atoms with Gasteiger partial charge in [0.25, 0.3) is 0 Å². The molecule has 0 saturated carbocycles. The average molecular weight is 434 g/mol. The van der Waals surface area contributed by atoms with Crippen molar-refractivity contribution >= 4 is 20.5 Å². The van der Waals surface area contributed by atoms with E-state index in [0.29, 0.717) is 19.8 Å². The Kier molecular flexibility index (Phi) is 27.2. The molecule has 0 heterocycles. The van der Waals surface area contributed by atoms with Crippen LogP contribution in [-0.4, -0.2) is 46.0 Å². The minimum absolute atomic E-state index is 0. The van der Waals surface area contributed by atoms with Gasteiger partial charge in [-0.25, -0.2) is 21.7 Å². The maximum Gasteiger partial charge on any atom is 0.332 e. The average Bonchev–Trinajstić information content (AvgIpc) is 3.20. The van der Waals surface area contributed by atoms with Crippen molar-refractivity contribution in [3.8, 4) is 0 Å². The van der Waals surface area contributed by atoms with Crippen LogP contribution in [0, 0.1) is 0 Å². The Balaban J connectivity index is -0.000000314. The van der Waals surface area contributed by atoms with Gasteiger partial charge in [-0.05, 0) is 20.8 Å². The maximum absolute atomic E-state index is 10.3. The van der Waals surface area contributed by atoms with Gasteiger partial charge in [-0.15, -0.1) is 0 Å². The Hall–Kier alpha value is -1.15. The Labute approximate surface area is 167 Å². The monoisotopic (exact) mass is 434 g/mol. The fourth-order valence-electron chi connectivity index (χ4n) is 1.02. The second kappa shape index (κ2) is 23.8. The van der Waals surface area contributed by atoms with Gasteiger partial charge in [-0.3, -0.25) is 0 Å². The smallest absolute Gasteiger partial charge is 0.332 e. The van der Waals surface area contributed by atoms with E-state index in [1.54, 1.807) is 0 Å². The number of ether oxygens (including phenoxy) is 2. The van der Waals surface area contributed by atoms with Crippen LogP contribution >= 0.6 is 8.60 Å². The van der Waals surface area contributed by atoms with E-state index in [1.165, 1.54) is 14.2 Å². The normalized spacial score (nSPS) is 9.31. The van der Waals surface area contributed by atoms with E-state index in [-0.39, 0.29) is 16.8 Å². The Morgan fingerprint density at radius 1 is 0.846 bits per heavy atom. The molecule has 0 aliphatic rings. The van der Waals surface area contributed by atoms with Crippen LogP contribution in [0.2, 0.25) is 0 Å². The second-order valence-corrected chi connectivity index (χ2v) is 5.04. The van der Waals surface area contributed by atoms with Crippen LogP contribution in [0.4, 0.5) is 0 Å². The van der Waals surface area contributed by atoms with E-state index in [4.69, 9.17) is 13.6 Å². The molecule has 0 saturated heterocycles. The van der Waals surface area contributed by atoms with E-state index >= 15 is 0 Å². The fraction of sp³-hybridized carbons (Fsp3) is 0.471. The topological polar surface area (TPSA) is 80.3 Å². The molecule has 0 atom stereocenters. The molecule has 153 valence electrons. The largest absolute Gasteiger partial charge is 0.466 e. The van der Waals surface area contributed by atoms with Crippen molar-refractivity contribution in [1.29, 1.82) is 0 Å². The molecule has 0 aliphatic heterocycles. The number of esters is 2. The summed E-state index contributed by atoms with van der Waals surface area (Å²) in [5, 5.41) is 0. The predicted molar refractivity (Wildman–Crippen MR) is 97.0 cm³/mol. The number of methoxy groups -OCH3 is 2. The molecule has 1 radical (unpaired) electrons. The molecule has 0 aliphatic carbocycles. The number of rotatable bonds is 8. The van der Waals surface area contributed by atoms with Crippen LogP contribution in [0.3, 0.4) is 0 Å². The molecular weight excluding hydrogens is 406 g/mol. The molecule has 1 rings (SSSR count). The number of hydrogen-bond donors (Lipinski definition) is 0. The van der Waals surface area contributed by atoms with Gasteiger partial charge in [0.05, 0.1) is 34.0 Å². The molecule has 0 amide bonds. The fourth-order valence-corrected chi connectivity index (χ4v) is 1.88. The molecule has 0 aromatic heterocycles. The van der Waals surface area contributed by atoms with Crippen LogP contribution in [0.5, 0.6) is 0 Å². The van der Waals surface area contributed by atoms with E-state index < -0.39 is 20.5 Å². The van der Waals surface area contributed by atoms with Crippen molar-refractivity contribution in [3.05, 3.63) is 42.5 Å². The molecule has 1 aromatic carbocycles. The minimum Gasteiger partial charge on any atom is -0.466 e. The summed E-state index contributed by atoms with van der Waals surface area (Å²) in [6.45, 7) is 7.71. The van der Waals surface area contributed by atoms with Crippen molar-refractivity contribution in [1.82, 2.24) is 0 Å². The Morgan fingerprint density at radius 2 is 1.19 bits per heavy atom. The van der Waals surface area contributed by atoms with Crippen molar-refractivity contribution in [2.75, 3.05) is 34.0 Å². The van der Waals surface area contributed by atoms with Crippen LogP contribution in [0.15, 0.2) is 42.5 Å². The van der Waals surface area contributed by atoms with Crippen molar-refractivity contribution in [2.45, 2.75) is 20.8 Å². The second-order valence-electron chi connectivity index (χ2n) is 3.82. The van der Waals surface area contributed by atoms with Crippen molar-refractivity contribution < 1.29 is 49.4 Å². The van der Waals surface area contributed by atoms with E-state index in [0.717, 1.165) is 12.2 Å². The van der Waals surface area contributed by atoms with E-state index in [2.05, 4.69) is 9.47 Å². The molecule has 9 heteroatoms. The first-order chi connectivity index (χ1) is 12.0. The zero-order valence-corrected chi connectivity index (χ0v) is 17.7. The van der Waals surface area contributed by atoms with Crippen molar-refractivity contribution in [2.24, 2.45) is 0 Å². The zero-order chi connectivity index (χ0) is 19.3. The van der Waals surface area contributed by atoms with Gasteiger partial charge in [-0.2, -0.15) is 18.2 Å². The first-order valence-corrected chi connectivity index (χ1v) is 8.84. The predicted octanol–water partition coefficient (Wildman–Crippen LogP) is 3.61. The molecular formula is C17H28CoO7P-.